The van der Waals surface area contributed by atoms with E-state index in [0.29, 0.717) is 18.4 Å². The van der Waals surface area contributed by atoms with Crippen LogP contribution in [0.5, 0.6) is 0 Å². The van der Waals surface area contributed by atoms with Crippen molar-refractivity contribution in [1.82, 2.24) is 10.2 Å². The van der Waals surface area contributed by atoms with Crippen LogP contribution in [0.4, 0.5) is 0 Å². The van der Waals surface area contributed by atoms with E-state index in [-0.39, 0.29) is 24.4 Å². The van der Waals surface area contributed by atoms with Crippen molar-refractivity contribution in [3.63, 3.8) is 0 Å². The van der Waals surface area contributed by atoms with Gasteiger partial charge >= 0.3 is 0 Å². The summed E-state index contributed by atoms with van der Waals surface area (Å²) < 4.78 is 5.59. The number of carbonyl (C=O) groups excluding carboxylic acids is 1. The lowest BCUT2D eigenvalue weighted by atomic mass is 9.91. The maximum absolute atomic E-state index is 12.2. The second-order valence-electron chi connectivity index (χ2n) is 5.35. The molecule has 0 saturated carbocycles. The quantitative estimate of drug-likeness (QED) is 0.830. The number of nitrogens with zero attached hydrogens (tertiary/aromatic N) is 1. The van der Waals surface area contributed by atoms with Crippen LogP contribution in [-0.4, -0.2) is 49.2 Å². The van der Waals surface area contributed by atoms with Crippen molar-refractivity contribution in [2.75, 3.05) is 26.2 Å². The number of amides is 1. The summed E-state index contributed by atoms with van der Waals surface area (Å²) in [5.74, 6) is 0.885. The topological polar surface area (TPSA) is 41.6 Å². The molecule has 2 saturated heterocycles. The van der Waals surface area contributed by atoms with Crippen LogP contribution in [0, 0.1) is 5.92 Å². The number of nitrogens with one attached hydrogen (secondary N) is 1. The van der Waals surface area contributed by atoms with Crippen molar-refractivity contribution in [2.24, 2.45) is 5.92 Å². The molecule has 2 aliphatic rings. The Hall–Kier alpha value is -0.320. The van der Waals surface area contributed by atoms with Crippen LogP contribution < -0.4 is 5.32 Å². The van der Waals surface area contributed by atoms with Crippen LogP contribution in [0.2, 0.25) is 0 Å². The Morgan fingerprint density at radius 2 is 2.22 bits per heavy atom. The fourth-order valence-corrected chi connectivity index (χ4v) is 2.75. The van der Waals surface area contributed by atoms with Gasteiger partial charge in [-0.3, -0.25) is 4.79 Å². The summed E-state index contributed by atoms with van der Waals surface area (Å²) in [6.45, 7) is 7.77. The SMILES string of the molecule is CC1CCCN(C(=O)CC2CNCCO2)C1C.Cl. The molecule has 106 valence electrons. The first-order valence-electron chi connectivity index (χ1n) is 6.80. The number of morpholine rings is 1. The largest absolute Gasteiger partial charge is 0.375 e. The molecule has 0 aromatic carbocycles. The van der Waals surface area contributed by atoms with Gasteiger partial charge in [0.25, 0.3) is 0 Å². The Morgan fingerprint density at radius 1 is 1.44 bits per heavy atom. The molecule has 2 rings (SSSR count). The van der Waals surface area contributed by atoms with E-state index in [1.165, 1.54) is 6.42 Å². The van der Waals surface area contributed by atoms with Gasteiger partial charge in [0, 0.05) is 25.7 Å². The molecular formula is C13H25ClN2O2. The molecule has 0 bridgehead atoms. The van der Waals surface area contributed by atoms with E-state index in [9.17, 15) is 4.79 Å². The maximum atomic E-state index is 12.2. The number of ether oxygens (including phenoxy) is 1. The van der Waals surface area contributed by atoms with Gasteiger partial charge in [0.2, 0.25) is 5.91 Å². The summed E-state index contributed by atoms with van der Waals surface area (Å²) in [4.78, 5) is 14.3. The highest BCUT2D eigenvalue weighted by atomic mass is 35.5. The number of piperidine rings is 1. The minimum Gasteiger partial charge on any atom is -0.375 e. The molecule has 0 aliphatic carbocycles. The van der Waals surface area contributed by atoms with Crippen molar-refractivity contribution in [3.8, 4) is 0 Å². The average Bonchev–Trinajstić information content (AvgIpc) is 2.34. The number of likely N-dealkylation sites (tertiary alicyclic amines) is 1. The number of rotatable bonds is 2. The number of hydrogen-bond donors (Lipinski definition) is 1. The van der Waals surface area contributed by atoms with Gasteiger partial charge in [0.15, 0.2) is 0 Å². The van der Waals surface area contributed by atoms with Crippen molar-refractivity contribution < 1.29 is 9.53 Å². The summed E-state index contributed by atoms with van der Waals surface area (Å²) in [7, 11) is 0. The number of carbonyl (C=O) groups is 1. The third-order valence-electron chi connectivity index (χ3n) is 4.10. The molecule has 1 N–H and O–H groups in total. The zero-order chi connectivity index (χ0) is 12.3. The van der Waals surface area contributed by atoms with Crippen molar-refractivity contribution in [2.45, 2.75) is 45.3 Å². The summed E-state index contributed by atoms with van der Waals surface area (Å²) in [5.41, 5.74) is 0. The summed E-state index contributed by atoms with van der Waals surface area (Å²) in [5, 5.41) is 3.27. The zero-order valence-corrected chi connectivity index (χ0v) is 12.2. The Balaban J connectivity index is 0.00000162. The fraction of sp³-hybridized carbons (Fsp3) is 0.923. The van der Waals surface area contributed by atoms with E-state index >= 15 is 0 Å². The third-order valence-corrected chi connectivity index (χ3v) is 4.10. The number of hydrogen-bond acceptors (Lipinski definition) is 3. The van der Waals surface area contributed by atoms with Crippen molar-refractivity contribution >= 4 is 18.3 Å². The zero-order valence-electron chi connectivity index (χ0n) is 11.4. The second kappa shape index (κ2) is 7.31. The first-order valence-corrected chi connectivity index (χ1v) is 6.80. The van der Waals surface area contributed by atoms with E-state index in [2.05, 4.69) is 19.2 Å². The van der Waals surface area contributed by atoms with E-state index in [4.69, 9.17) is 4.74 Å². The van der Waals surface area contributed by atoms with Gasteiger partial charge < -0.3 is 15.0 Å². The van der Waals surface area contributed by atoms with Gasteiger partial charge in [-0.15, -0.1) is 12.4 Å². The Kier molecular flexibility index (Phi) is 6.39. The van der Waals surface area contributed by atoms with Crippen molar-refractivity contribution in [1.29, 1.82) is 0 Å². The van der Waals surface area contributed by atoms with Crippen molar-refractivity contribution in [3.05, 3.63) is 0 Å². The lowest BCUT2D eigenvalue weighted by molar-refractivity contribution is -0.139. The first-order chi connectivity index (χ1) is 8.18. The van der Waals surface area contributed by atoms with Crippen LogP contribution in [0.25, 0.3) is 0 Å². The molecule has 2 heterocycles. The van der Waals surface area contributed by atoms with Crippen LogP contribution in [0.3, 0.4) is 0 Å². The highest BCUT2D eigenvalue weighted by molar-refractivity contribution is 5.85. The van der Waals surface area contributed by atoms with E-state index < -0.39 is 0 Å². The number of halogens is 1. The minimum atomic E-state index is 0. The Morgan fingerprint density at radius 3 is 2.89 bits per heavy atom. The molecule has 18 heavy (non-hydrogen) atoms. The van der Waals surface area contributed by atoms with E-state index in [1.54, 1.807) is 0 Å². The van der Waals surface area contributed by atoms with E-state index in [1.807, 2.05) is 4.90 Å². The first kappa shape index (κ1) is 15.7. The second-order valence-corrected chi connectivity index (χ2v) is 5.35. The molecular weight excluding hydrogens is 252 g/mol. The van der Waals surface area contributed by atoms with Gasteiger partial charge in [0.1, 0.15) is 0 Å². The fourth-order valence-electron chi connectivity index (χ4n) is 2.75. The highest BCUT2D eigenvalue weighted by Gasteiger charge is 2.30. The lowest BCUT2D eigenvalue weighted by Crippen LogP contribution is -2.48. The van der Waals surface area contributed by atoms with Gasteiger partial charge in [-0.25, -0.2) is 0 Å². The molecule has 0 aromatic heterocycles. The molecule has 5 heteroatoms. The minimum absolute atomic E-state index is 0. The van der Waals surface area contributed by atoms with Crippen LogP contribution in [0.1, 0.15) is 33.1 Å². The molecule has 2 fully saturated rings. The molecule has 0 radical (unpaired) electrons. The summed E-state index contributed by atoms with van der Waals surface area (Å²) in [6, 6.07) is 0.382. The molecule has 0 spiro atoms. The van der Waals surface area contributed by atoms with Gasteiger partial charge in [-0.1, -0.05) is 6.92 Å². The standard InChI is InChI=1S/C13H24N2O2.ClH/c1-10-4-3-6-15(11(10)2)13(16)8-12-9-14-5-7-17-12;/h10-12,14H,3-9H2,1-2H3;1H. The summed E-state index contributed by atoms with van der Waals surface area (Å²) >= 11 is 0. The maximum Gasteiger partial charge on any atom is 0.225 e. The normalized spacial score (nSPS) is 32.8. The average molecular weight is 277 g/mol. The predicted octanol–water partition coefficient (Wildman–Crippen LogP) is 1.43. The van der Waals surface area contributed by atoms with Gasteiger partial charge in [-0.05, 0) is 25.7 Å². The third kappa shape index (κ3) is 3.84. The molecule has 2 aliphatic heterocycles. The van der Waals surface area contributed by atoms with Crippen LogP contribution >= 0.6 is 12.4 Å². The van der Waals surface area contributed by atoms with Crippen LogP contribution in [-0.2, 0) is 9.53 Å². The highest BCUT2D eigenvalue weighted by Crippen LogP contribution is 2.23. The lowest BCUT2D eigenvalue weighted by Gasteiger charge is -2.38. The Bertz CT molecular complexity index is 270. The Labute approximate surface area is 116 Å². The molecule has 3 unspecified atom stereocenters. The van der Waals surface area contributed by atoms with Crippen LogP contribution in [0.15, 0.2) is 0 Å². The monoisotopic (exact) mass is 276 g/mol. The summed E-state index contributed by atoms with van der Waals surface area (Å²) in [6.07, 6.45) is 2.98. The van der Waals surface area contributed by atoms with E-state index in [0.717, 1.165) is 32.7 Å². The van der Waals surface area contributed by atoms with Gasteiger partial charge in [-0.2, -0.15) is 0 Å². The molecule has 3 atom stereocenters. The molecule has 0 aromatic rings. The molecule has 1 amide bonds. The molecule has 4 nitrogen and oxygen atoms in total. The smallest absolute Gasteiger partial charge is 0.225 e. The van der Waals surface area contributed by atoms with Gasteiger partial charge in [0.05, 0.1) is 19.1 Å². The predicted molar refractivity (Wildman–Crippen MR) is 74.0 cm³/mol.